The molecule has 2 N–H and O–H groups in total. The molecule has 0 bridgehead atoms. The average Bonchev–Trinajstić information content (AvgIpc) is 2.22. The molecule has 1 rings (SSSR count). The van der Waals surface area contributed by atoms with Gasteiger partial charge in [0.25, 0.3) is 0 Å². The molecular weight excluding hydrogens is 228 g/mol. The lowest BCUT2D eigenvalue weighted by molar-refractivity contribution is -0.124. The summed E-state index contributed by atoms with van der Waals surface area (Å²) in [5.41, 5.74) is 0. The van der Waals surface area contributed by atoms with Gasteiger partial charge in [-0.15, -0.1) is 0 Å². The molecule has 0 heterocycles. The number of nitrogens with one attached hydrogen (secondary N) is 1. The molecule has 0 radical (unpaired) electrons. The second kappa shape index (κ2) is 7.74. The smallest absolute Gasteiger partial charge is 0.234 e. The SMILES string of the molecule is CC(C)C(C)NC(=O)CN(CCCO)C1CCC1. The van der Waals surface area contributed by atoms with Gasteiger partial charge >= 0.3 is 0 Å². The Hall–Kier alpha value is -0.610. The number of amides is 1. The van der Waals surface area contributed by atoms with Crippen LogP contribution >= 0.6 is 0 Å². The number of nitrogens with zero attached hydrogens (tertiary/aromatic N) is 1. The first-order valence-electron chi connectivity index (χ1n) is 7.19. The minimum Gasteiger partial charge on any atom is -0.396 e. The van der Waals surface area contributed by atoms with E-state index in [-0.39, 0.29) is 18.6 Å². The van der Waals surface area contributed by atoms with Gasteiger partial charge in [-0.25, -0.2) is 0 Å². The van der Waals surface area contributed by atoms with E-state index in [0.717, 1.165) is 13.0 Å². The van der Waals surface area contributed by atoms with Gasteiger partial charge in [-0.3, -0.25) is 9.69 Å². The maximum absolute atomic E-state index is 12.0. The molecule has 1 unspecified atom stereocenters. The van der Waals surface area contributed by atoms with Crippen LogP contribution in [0.2, 0.25) is 0 Å². The number of rotatable bonds is 8. The van der Waals surface area contributed by atoms with E-state index in [1.165, 1.54) is 19.3 Å². The summed E-state index contributed by atoms with van der Waals surface area (Å²) in [4.78, 5) is 14.2. The number of hydrogen-bond acceptors (Lipinski definition) is 3. The number of carbonyl (C=O) groups excluding carboxylic acids is 1. The molecule has 0 aromatic heterocycles. The third-order valence-corrected chi connectivity index (χ3v) is 3.93. The van der Waals surface area contributed by atoms with Gasteiger partial charge in [-0.05, 0) is 32.1 Å². The van der Waals surface area contributed by atoms with Gasteiger partial charge in [0.1, 0.15) is 0 Å². The molecule has 0 aromatic rings. The molecule has 0 aromatic carbocycles. The van der Waals surface area contributed by atoms with Gasteiger partial charge < -0.3 is 10.4 Å². The standard InChI is InChI=1S/C14H28N2O2/c1-11(2)12(3)15-14(18)10-16(8-5-9-17)13-6-4-7-13/h11-13,17H,4-10H2,1-3H3,(H,15,18). The van der Waals surface area contributed by atoms with Gasteiger partial charge in [-0.2, -0.15) is 0 Å². The fraction of sp³-hybridized carbons (Fsp3) is 0.929. The van der Waals surface area contributed by atoms with Gasteiger partial charge in [0, 0.05) is 25.2 Å². The summed E-state index contributed by atoms with van der Waals surface area (Å²) in [6.45, 7) is 7.77. The van der Waals surface area contributed by atoms with Crippen molar-refractivity contribution in [3.8, 4) is 0 Å². The van der Waals surface area contributed by atoms with Crippen molar-refractivity contribution in [2.45, 2.75) is 58.5 Å². The minimum atomic E-state index is 0.112. The van der Waals surface area contributed by atoms with Crippen molar-refractivity contribution < 1.29 is 9.90 Å². The van der Waals surface area contributed by atoms with Gasteiger partial charge in [0.15, 0.2) is 0 Å². The van der Waals surface area contributed by atoms with Crippen LogP contribution in [0.4, 0.5) is 0 Å². The molecule has 1 amide bonds. The third-order valence-electron chi connectivity index (χ3n) is 3.93. The lowest BCUT2D eigenvalue weighted by Crippen LogP contribution is -2.48. The molecule has 0 saturated heterocycles. The monoisotopic (exact) mass is 256 g/mol. The summed E-state index contributed by atoms with van der Waals surface area (Å²) in [5.74, 6) is 0.574. The second-order valence-corrected chi connectivity index (χ2v) is 5.73. The Bertz CT molecular complexity index is 252. The van der Waals surface area contributed by atoms with Crippen LogP contribution in [-0.2, 0) is 4.79 Å². The molecule has 1 aliphatic rings. The molecular formula is C14H28N2O2. The minimum absolute atomic E-state index is 0.112. The molecule has 4 nitrogen and oxygen atoms in total. The van der Waals surface area contributed by atoms with Crippen molar-refractivity contribution in [1.82, 2.24) is 10.2 Å². The first-order valence-corrected chi connectivity index (χ1v) is 7.19. The van der Waals surface area contributed by atoms with E-state index in [9.17, 15) is 4.79 Å². The van der Waals surface area contributed by atoms with Crippen LogP contribution in [0.5, 0.6) is 0 Å². The Morgan fingerprint density at radius 3 is 2.50 bits per heavy atom. The van der Waals surface area contributed by atoms with Crippen LogP contribution in [0.25, 0.3) is 0 Å². The fourth-order valence-electron chi connectivity index (χ4n) is 2.07. The molecule has 1 aliphatic carbocycles. The maximum atomic E-state index is 12.0. The van der Waals surface area contributed by atoms with Crippen LogP contribution in [0, 0.1) is 5.92 Å². The van der Waals surface area contributed by atoms with Crippen molar-refractivity contribution in [3.05, 3.63) is 0 Å². The Morgan fingerprint density at radius 2 is 2.06 bits per heavy atom. The third kappa shape index (κ3) is 4.94. The summed E-state index contributed by atoms with van der Waals surface area (Å²) in [7, 11) is 0. The highest BCUT2D eigenvalue weighted by atomic mass is 16.3. The zero-order chi connectivity index (χ0) is 13.5. The van der Waals surface area contributed by atoms with Gasteiger partial charge in [0.05, 0.1) is 6.54 Å². The Balaban J connectivity index is 2.36. The van der Waals surface area contributed by atoms with Crippen molar-refractivity contribution in [1.29, 1.82) is 0 Å². The van der Waals surface area contributed by atoms with E-state index in [0.29, 0.717) is 18.5 Å². The summed E-state index contributed by atoms with van der Waals surface area (Å²) in [6, 6.07) is 0.773. The predicted octanol–water partition coefficient (Wildman–Crippen LogP) is 1.38. The van der Waals surface area contributed by atoms with Crippen molar-refractivity contribution in [3.63, 3.8) is 0 Å². The van der Waals surface area contributed by atoms with E-state index in [1.54, 1.807) is 0 Å². The molecule has 1 atom stereocenters. The zero-order valence-corrected chi connectivity index (χ0v) is 12.0. The van der Waals surface area contributed by atoms with Crippen molar-refractivity contribution >= 4 is 5.91 Å². The zero-order valence-electron chi connectivity index (χ0n) is 12.0. The van der Waals surface area contributed by atoms with Crippen molar-refractivity contribution in [2.75, 3.05) is 19.7 Å². The lowest BCUT2D eigenvalue weighted by Gasteiger charge is -2.37. The van der Waals surface area contributed by atoms with Crippen LogP contribution in [0.15, 0.2) is 0 Å². The molecule has 1 saturated carbocycles. The maximum Gasteiger partial charge on any atom is 0.234 e. The number of hydrogen-bond donors (Lipinski definition) is 2. The highest BCUT2D eigenvalue weighted by Crippen LogP contribution is 2.24. The predicted molar refractivity (Wildman–Crippen MR) is 73.4 cm³/mol. The van der Waals surface area contributed by atoms with Gasteiger partial charge in [0.2, 0.25) is 5.91 Å². The second-order valence-electron chi connectivity index (χ2n) is 5.73. The summed E-state index contributed by atoms with van der Waals surface area (Å²) in [5, 5.41) is 12.0. The summed E-state index contributed by atoms with van der Waals surface area (Å²) >= 11 is 0. The largest absolute Gasteiger partial charge is 0.396 e. The fourth-order valence-corrected chi connectivity index (χ4v) is 2.07. The molecule has 0 spiro atoms. The van der Waals surface area contributed by atoms with E-state index in [2.05, 4.69) is 24.1 Å². The number of aliphatic hydroxyl groups is 1. The van der Waals surface area contributed by atoms with E-state index in [4.69, 9.17) is 5.11 Å². The van der Waals surface area contributed by atoms with Crippen molar-refractivity contribution in [2.24, 2.45) is 5.92 Å². The lowest BCUT2D eigenvalue weighted by atomic mass is 9.91. The first kappa shape index (κ1) is 15.4. The van der Waals surface area contributed by atoms with E-state index < -0.39 is 0 Å². The number of aliphatic hydroxyl groups excluding tert-OH is 1. The van der Waals surface area contributed by atoms with Crippen LogP contribution < -0.4 is 5.32 Å². The molecule has 0 aliphatic heterocycles. The normalized spacial score (nSPS) is 17.9. The first-order chi connectivity index (χ1) is 8.54. The summed E-state index contributed by atoms with van der Waals surface area (Å²) < 4.78 is 0. The summed E-state index contributed by atoms with van der Waals surface area (Å²) in [6.07, 6.45) is 4.41. The van der Waals surface area contributed by atoms with Crippen LogP contribution in [-0.4, -0.2) is 47.7 Å². The molecule has 106 valence electrons. The average molecular weight is 256 g/mol. The Labute approximate surface area is 111 Å². The Kier molecular flexibility index (Phi) is 6.65. The Morgan fingerprint density at radius 1 is 1.39 bits per heavy atom. The van der Waals surface area contributed by atoms with Crippen LogP contribution in [0.1, 0.15) is 46.5 Å². The van der Waals surface area contributed by atoms with Gasteiger partial charge in [-0.1, -0.05) is 20.3 Å². The van der Waals surface area contributed by atoms with E-state index in [1.807, 2.05) is 6.92 Å². The highest BCUT2D eigenvalue weighted by Gasteiger charge is 2.26. The molecule has 4 heteroatoms. The molecule has 18 heavy (non-hydrogen) atoms. The van der Waals surface area contributed by atoms with Crippen LogP contribution in [0.3, 0.4) is 0 Å². The topological polar surface area (TPSA) is 52.6 Å². The quantitative estimate of drug-likeness (QED) is 0.690. The number of carbonyl (C=O) groups is 1. The highest BCUT2D eigenvalue weighted by molar-refractivity contribution is 5.78. The molecule has 1 fully saturated rings. The van der Waals surface area contributed by atoms with E-state index >= 15 is 0 Å².